The van der Waals surface area contributed by atoms with Gasteiger partial charge in [-0.2, -0.15) is 0 Å². The smallest absolute Gasteiger partial charge is 0.254 e. The Hall–Kier alpha value is -1.88. The molecular formula is C18H27N3O2. The van der Waals surface area contributed by atoms with Crippen LogP contribution in [0.15, 0.2) is 30.3 Å². The van der Waals surface area contributed by atoms with Crippen molar-refractivity contribution < 1.29 is 9.59 Å². The number of likely N-dealkylation sites (N-methyl/N-ethyl adjacent to an activating group) is 1. The molecule has 0 radical (unpaired) electrons. The number of nitrogens with zero attached hydrogens (tertiary/aromatic N) is 1. The van der Waals surface area contributed by atoms with Crippen molar-refractivity contribution in [2.24, 2.45) is 0 Å². The highest BCUT2D eigenvalue weighted by molar-refractivity contribution is 5.99. The Morgan fingerprint density at radius 2 is 2.00 bits per heavy atom. The molecule has 1 aliphatic rings. The van der Waals surface area contributed by atoms with Crippen molar-refractivity contribution in [3.63, 3.8) is 0 Å². The Morgan fingerprint density at radius 1 is 1.30 bits per heavy atom. The van der Waals surface area contributed by atoms with Gasteiger partial charge in [0, 0.05) is 24.7 Å². The van der Waals surface area contributed by atoms with Gasteiger partial charge in [-0.1, -0.05) is 25.1 Å². The summed E-state index contributed by atoms with van der Waals surface area (Å²) in [4.78, 5) is 27.1. The maximum atomic E-state index is 12.7. The average Bonchev–Trinajstić information content (AvgIpc) is 2.96. The molecule has 1 fully saturated rings. The van der Waals surface area contributed by atoms with Crippen LogP contribution >= 0.6 is 0 Å². The van der Waals surface area contributed by atoms with Crippen LogP contribution in [-0.2, 0) is 4.79 Å². The van der Waals surface area contributed by atoms with Crippen LogP contribution in [0.5, 0.6) is 0 Å². The predicted molar refractivity (Wildman–Crippen MR) is 91.3 cm³/mol. The minimum absolute atomic E-state index is 0.0657. The standard InChI is InChI=1S/C18H27N3O2/c1-4-19-14(2)13-20-17(23)18(3)11-8-12-21(18)16(22)15-9-6-5-7-10-15/h5-7,9-10,14,19H,4,8,11-13H2,1-3H3,(H,20,23)/t14-,18?/m1/s1. The van der Waals surface area contributed by atoms with Crippen LogP contribution < -0.4 is 10.6 Å². The third-order valence-corrected chi connectivity index (χ3v) is 4.52. The van der Waals surface area contributed by atoms with Crippen LogP contribution in [-0.4, -0.2) is 47.9 Å². The van der Waals surface area contributed by atoms with Gasteiger partial charge in [0.1, 0.15) is 5.54 Å². The molecule has 5 nitrogen and oxygen atoms in total. The molecule has 1 saturated heterocycles. The van der Waals surface area contributed by atoms with Crippen molar-refractivity contribution in [2.45, 2.75) is 45.2 Å². The molecule has 0 bridgehead atoms. The second-order valence-corrected chi connectivity index (χ2v) is 6.37. The van der Waals surface area contributed by atoms with Gasteiger partial charge >= 0.3 is 0 Å². The average molecular weight is 317 g/mol. The summed E-state index contributed by atoms with van der Waals surface area (Å²) in [6, 6.07) is 9.39. The topological polar surface area (TPSA) is 61.4 Å². The molecule has 1 aromatic carbocycles. The van der Waals surface area contributed by atoms with Crippen molar-refractivity contribution in [1.29, 1.82) is 0 Å². The van der Waals surface area contributed by atoms with Crippen LogP contribution in [0.2, 0.25) is 0 Å². The van der Waals surface area contributed by atoms with Crippen LogP contribution in [0.3, 0.4) is 0 Å². The second-order valence-electron chi connectivity index (χ2n) is 6.37. The number of rotatable bonds is 6. The van der Waals surface area contributed by atoms with Gasteiger partial charge in [0.25, 0.3) is 5.91 Å². The molecule has 0 aromatic heterocycles. The molecule has 2 amide bonds. The summed E-state index contributed by atoms with van der Waals surface area (Å²) in [5.74, 6) is -0.135. The van der Waals surface area contributed by atoms with Crippen LogP contribution in [0.4, 0.5) is 0 Å². The zero-order chi connectivity index (χ0) is 16.9. The summed E-state index contributed by atoms with van der Waals surface area (Å²) in [6.45, 7) is 8.00. The molecule has 2 atom stereocenters. The van der Waals surface area contributed by atoms with Gasteiger partial charge in [0.05, 0.1) is 0 Å². The highest BCUT2D eigenvalue weighted by Crippen LogP contribution is 2.30. The first-order valence-corrected chi connectivity index (χ1v) is 8.37. The predicted octanol–water partition coefficient (Wildman–Crippen LogP) is 1.80. The highest BCUT2D eigenvalue weighted by Gasteiger charge is 2.45. The summed E-state index contributed by atoms with van der Waals surface area (Å²) < 4.78 is 0. The number of likely N-dealkylation sites (tertiary alicyclic amines) is 1. The number of nitrogens with one attached hydrogen (secondary N) is 2. The second kappa shape index (κ2) is 7.59. The number of benzene rings is 1. The summed E-state index contributed by atoms with van der Waals surface area (Å²) in [6.07, 6.45) is 1.55. The summed E-state index contributed by atoms with van der Waals surface area (Å²) in [5, 5.41) is 6.26. The van der Waals surface area contributed by atoms with Crippen molar-refractivity contribution >= 4 is 11.8 Å². The van der Waals surface area contributed by atoms with E-state index >= 15 is 0 Å². The van der Waals surface area contributed by atoms with Crippen molar-refractivity contribution in [2.75, 3.05) is 19.6 Å². The Morgan fingerprint density at radius 3 is 2.65 bits per heavy atom. The normalized spacial score (nSPS) is 22.0. The maximum Gasteiger partial charge on any atom is 0.254 e. The fourth-order valence-corrected chi connectivity index (χ4v) is 3.12. The van der Waals surface area contributed by atoms with E-state index in [0.29, 0.717) is 25.1 Å². The molecule has 0 aliphatic carbocycles. The van der Waals surface area contributed by atoms with Crippen molar-refractivity contribution in [3.05, 3.63) is 35.9 Å². The fourth-order valence-electron chi connectivity index (χ4n) is 3.12. The molecule has 5 heteroatoms. The van der Waals surface area contributed by atoms with E-state index in [2.05, 4.69) is 10.6 Å². The lowest BCUT2D eigenvalue weighted by Gasteiger charge is -2.34. The van der Waals surface area contributed by atoms with E-state index in [1.807, 2.05) is 39.0 Å². The lowest BCUT2D eigenvalue weighted by Crippen LogP contribution is -2.56. The summed E-state index contributed by atoms with van der Waals surface area (Å²) >= 11 is 0. The van der Waals surface area contributed by atoms with Gasteiger partial charge in [0.15, 0.2) is 0 Å². The van der Waals surface area contributed by atoms with Gasteiger partial charge in [0.2, 0.25) is 5.91 Å². The molecular weight excluding hydrogens is 290 g/mol. The van der Waals surface area contributed by atoms with Crippen molar-refractivity contribution in [1.82, 2.24) is 15.5 Å². The quantitative estimate of drug-likeness (QED) is 0.841. The first-order valence-electron chi connectivity index (χ1n) is 8.37. The van der Waals surface area contributed by atoms with Gasteiger partial charge in [-0.05, 0) is 45.4 Å². The van der Waals surface area contributed by atoms with Gasteiger partial charge in [-0.25, -0.2) is 0 Å². The first kappa shape index (κ1) is 17.5. The van der Waals surface area contributed by atoms with Gasteiger partial charge in [-0.15, -0.1) is 0 Å². The lowest BCUT2D eigenvalue weighted by molar-refractivity contribution is -0.129. The molecule has 1 aromatic rings. The number of carbonyl (C=O) groups is 2. The van der Waals surface area contributed by atoms with E-state index in [0.717, 1.165) is 13.0 Å². The molecule has 2 rings (SSSR count). The number of hydrogen-bond acceptors (Lipinski definition) is 3. The lowest BCUT2D eigenvalue weighted by atomic mass is 9.96. The summed E-state index contributed by atoms with van der Waals surface area (Å²) in [5.41, 5.74) is -0.131. The molecule has 126 valence electrons. The van der Waals surface area contributed by atoms with Crippen LogP contribution in [0, 0.1) is 0 Å². The van der Waals surface area contributed by atoms with E-state index in [-0.39, 0.29) is 17.9 Å². The molecule has 0 saturated carbocycles. The van der Waals surface area contributed by atoms with Crippen LogP contribution in [0.1, 0.15) is 44.0 Å². The molecule has 1 unspecified atom stereocenters. The third kappa shape index (κ3) is 3.91. The van der Waals surface area contributed by atoms with E-state index in [9.17, 15) is 9.59 Å². The van der Waals surface area contributed by atoms with Gasteiger partial charge in [-0.3, -0.25) is 9.59 Å². The van der Waals surface area contributed by atoms with E-state index in [1.165, 1.54) is 0 Å². The van der Waals surface area contributed by atoms with E-state index in [4.69, 9.17) is 0 Å². The SMILES string of the molecule is CCN[C@H](C)CNC(=O)C1(C)CCCN1C(=O)c1ccccc1. The first-order chi connectivity index (χ1) is 11.0. The molecule has 0 spiro atoms. The minimum Gasteiger partial charge on any atom is -0.353 e. The van der Waals surface area contributed by atoms with E-state index < -0.39 is 5.54 Å². The Bertz CT molecular complexity index is 546. The number of carbonyl (C=O) groups excluding carboxylic acids is 2. The number of hydrogen-bond donors (Lipinski definition) is 2. The summed E-state index contributed by atoms with van der Waals surface area (Å²) in [7, 11) is 0. The monoisotopic (exact) mass is 317 g/mol. The molecule has 2 N–H and O–H groups in total. The van der Waals surface area contributed by atoms with Crippen LogP contribution in [0.25, 0.3) is 0 Å². The van der Waals surface area contributed by atoms with E-state index in [1.54, 1.807) is 17.0 Å². The van der Waals surface area contributed by atoms with Crippen molar-refractivity contribution in [3.8, 4) is 0 Å². The zero-order valence-corrected chi connectivity index (χ0v) is 14.3. The Labute approximate surface area is 138 Å². The Balaban J connectivity index is 2.06. The zero-order valence-electron chi connectivity index (χ0n) is 14.3. The van der Waals surface area contributed by atoms with Gasteiger partial charge < -0.3 is 15.5 Å². The minimum atomic E-state index is -0.765. The molecule has 23 heavy (non-hydrogen) atoms. The maximum absolute atomic E-state index is 12.7. The molecule has 1 aliphatic heterocycles. The third-order valence-electron chi connectivity index (χ3n) is 4.52. The Kier molecular flexibility index (Phi) is 5.77. The highest BCUT2D eigenvalue weighted by atomic mass is 16.2. The largest absolute Gasteiger partial charge is 0.353 e. The number of amides is 2. The molecule has 1 heterocycles. The fraction of sp³-hybridized carbons (Fsp3) is 0.556.